The van der Waals surface area contributed by atoms with Gasteiger partial charge in [-0.25, -0.2) is 0 Å². The van der Waals surface area contributed by atoms with E-state index in [1.54, 1.807) is 0 Å². The summed E-state index contributed by atoms with van der Waals surface area (Å²) in [5.74, 6) is 0. The zero-order valence-corrected chi connectivity index (χ0v) is 6.99. The molecule has 1 nitrogen and oxygen atoms in total. The van der Waals surface area contributed by atoms with Gasteiger partial charge in [0.05, 0.1) is 0 Å². The predicted octanol–water partition coefficient (Wildman–Crippen LogP) is 1.53. The van der Waals surface area contributed by atoms with Crippen molar-refractivity contribution in [2.24, 2.45) is 0 Å². The molecule has 0 heterocycles. The summed E-state index contributed by atoms with van der Waals surface area (Å²) in [6.07, 6.45) is 0. The van der Waals surface area contributed by atoms with Crippen LogP contribution in [-0.4, -0.2) is 14.8 Å². The second-order valence-corrected chi connectivity index (χ2v) is 6.66. The smallest absolute Gasteiger partial charge is 0.143 e. The molecule has 0 rings (SSSR count). The Balaban J connectivity index is 3.53. The van der Waals surface area contributed by atoms with Crippen LogP contribution < -0.4 is 4.98 Å². The molecule has 0 aliphatic carbocycles. The van der Waals surface area contributed by atoms with Crippen molar-refractivity contribution in [3.8, 4) is 0 Å². The predicted molar refractivity (Wildman–Crippen MR) is 41.4 cm³/mol. The monoisotopic (exact) mass is 129 g/mol. The van der Waals surface area contributed by atoms with Crippen LogP contribution >= 0.6 is 0 Å². The van der Waals surface area contributed by atoms with Crippen LogP contribution in [0.5, 0.6) is 0 Å². The maximum Gasteiger partial charge on any atom is 0.143 e. The van der Waals surface area contributed by atoms with Crippen LogP contribution in [-0.2, 0) is 0 Å². The van der Waals surface area contributed by atoms with E-state index in [1.807, 2.05) is 0 Å². The Labute approximate surface area is 52.9 Å². The lowest BCUT2D eigenvalue weighted by molar-refractivity contribution is 0.973. The molecule has 0 aliphatic rings. The Bertz CT molecular complexity index is 78.6. The second kappa shape index (κ2) is 3.05. The van der Waals surface area contributed by atoms with Crippen LogP contribution in [0.4, 0.5) is 0 Å². The Morgan fingerprint density at radius 2 is 2.12 bits per heavy atom. The van der Waals surface area contributed by atoms with E-state index in [2.05, 4.69) is 37.3 Å². The molecule has 0 atom stereocenters. The van der Waals surface area contributed by atoms with E-state index in [9.17, 15) is 0 Å². The van der Waals surface area contributed by atoms with E-state index in [-0.39, 0.29) is 0 Å². The lowest BCUT2D eigenvalue weighted by atomic mass is 10.8. The fraction of sp³-hybridized carbons (Fsp3) is 0.667. The second-order valence-electron chi connectivity index (χ2n) is 2.46. The summed E-state index contributed by atoms with van der Waals surface area (Å²) in [6.45, 7) is 11.4. The van der Waals surface area contributed by atoms with Crippen LogP contribution in [0.15, 0.2) is 12.3 Å². The number of hydrogen-bond acceptors (Lipinski definition) is 1. The molecule has 0 unspecified atom stereocenters. The van der Waals surface area contributed by atoms with Crippen molar-refractivity contribution < 1.29 is 0 Å². The van der Waals surface area contributed by atoms with E-state index in [0.717, 1.165) is 6.54 Å². The minimum Gasteiger partial charge on any atom is -0.335 e. The van der Waals surface area contributed by atoms with Crippen molar-refractivity contribution >= 4 is 8.24 Å². The van der Waals surface area contributed by atoms with E-state index in [1.165, 1.54) is 0 Å². The lowest BCUT2D eigenvalue weighted by Crippen LogP contribution is -2.42. The Kier molecular flexibility index (Phi) is 3.01. The molecule has 2 heteroatoms. The van der Waals surface area contributed by atoms with Crippen molar-refractivity contribution in [2.45, 2.75) is 20.0 Å². The van der Waals surface area contributed by atoms with Gasteiger partial charge in [-0.15, -0.1) is 6.58 Å². The van der Waals surface area contributed by atoms with Crippen LogP contribution in [0.3, 0.4) is 0 Å². The van der Waals surface area contributed by atoms with E-state index in [4.69, 9.17) is 0 Å². The fourth-order valence-electron chi connectivity index (χ4n) is 0.528. The number of rotatable bonds is 3. The molecule has 0 aromatic heterocycles. The molecule has 0 aromatic rings. The summed E-state index contributed by atoms with van der Waals surface area (Å²) in [4.78, 5) is 3.39. The summed E-state index contributed by atoms with van der Waals surface area (Å²) < 4.78 is 0. The van der Waals surface area contributed by atoms with Gasteiger partial charge in [-0.1, -0.05) is 25.7 Å². The standard InChI is InChI=1S/C6H15NSi/c1-5-7-8(3,4)6-2/h6-7H,2,5H2,1,3-4H3. The molecule has 0 fully saturated rings. The summed E-state index contributed by atoms with van der Waals surface area (Å²) >= 11 is 0. The maximum absolute atomic E-state index is 3.75. The molecular formula is C6H15NSi. The fourth-order valence-corrected chi connectivity index (χ4v) is 1.58. The first-order valence-electron chi connectivity index (χ1n) is 3.01. The van der Waals surface area contributed by atoms with Crippen LogP contribution in [0.1, 0.15) is 6.92 Å². The zero-order chi connectivity index (χ0) is 6.62. The maximum atomic E-state index is 3.75. The first-order valence-corrected chi connectivity index (χ1v) is 6.08. The first kappa shape index (κ1) is 7.92. The molecule has 1 N–H and O–H groups in total. The van der Waals surface area contributed by atoms with E-state index >= 15 is 0 Å². The molecule has 0 amide bonds. The summed E-state index contributed by atoms with van der Waals surface area (Å²) in [6, 6.07) is 0. The molecule has 0 aliphatic heterocycles. The average Bonchev–Trinajstić information content (AvgIpc) is 1.67. The van der Waals surface area contributed by atoms with E-state index < -0.39 is 8.24 Å². The molecule has 48 valence electrons. The minimum atomic E-state index is -1.16. The third kappa shape index (κ3) is 2.99. The highest BCUT2D eigenvalue weighted by molar-refractivity contribution is 6.79. The molecule has 8 heavy (non-hydrogen) atoms. The Morgan fingerprint density at radius 1 is 1.62 bits per heavy atom. The van der Waals surface area contributed by atoms with Gasteiger partial charge in [0.2, 0.25) is 0 Å². The topological polar surface area (TPSA) is 12.0 Å². The van der Waals surface area contributed by atoms with Crippen molar-refractivity contribution in [1.82, 2.24) is 4.98 Å². The van der Waals surface area contributed by atoms with Crippen molar-refractivity contribution in [1.29, 1.82) is 0 Å². The van der Waals surface area contributed by atoms with Gasteiger partial charge in [-0.05, 0) is 6.54 Å². The Hall–Kier alpha value is -0.0831. The quantitative estimate of drug-likeness (QED) is 0.570. The van der Waals surface area contributed by atoms with Crippen molar-refractivity contribution in [2.75, 3.05) is 6.54 Å². The molecule has 0 aromatic carbocycles. The van der Waals surface area contributed by atoms with Gasteiger partial charge in [0.25, 0.3) is 0 Å². The molecule has 0 saturated carbocycles. The van der Waals surface area contributed by atoms with Gasteiger partial charge in [0.15, 0.2) is 0 Å². The highest BCUT2D eigenvalue weighted by atomic mass is 28.3. The van der Waals surface area contributed by atoms with Gasteiger partial charge in [-0.3, -0.25) is 0 Å². The van der Waals surface area contributed by atoms with Gasteiger partial charge in [-0.2, -0.15) is 0 Å². The van der Waals surface area contributed by atoms with Crippen molar-refractivity contribution in [3.63, 3.8) is 0 Å². The lowest BCUT2D eigenvalue weighted by Gasteiger charge is -2.16. The van der Waals surface area contributed by atoms with E-state index in [0.29, 0.717) is 0 Å². The minimum absolute atomic E-state index is 1.06. The largest absolute Gasteiger partial charge is 0.335 e. The van der Waals surface area contributed by atoms with Gasteiger partial charge in [0, 0.05) is 0 Å². The average molecular weight is 129 g/mol. The third-order valence-electron chi connectivity index (χ3n) is 1.14. The molecule has 0 bridgehead atoms. The van der Waals surface area contributed by atoms with Crippen LogP contribution in [0, 0.1) is 0 Å². The number of nitrogens with one attached hydrogen (secondary N) is 1. The summed E-state index contributed by atoms with van der Waals surface area (Å²) in [7, 11) is -1.16. The SMILES string of the molecule is C=C[Si](C)(C)NCC. The molecule has 0 radical (unpaired) electrons. The van der Waals surface area contributed by atoms with Gasteiger partial charge >= 0.3 is 0 Å². The highest BCUT2D eigenvalue weighted by Crippen LogP contribution is 1.94. The third-order valence-corrected chi connectivity index (χ3v) is 3.43. The molecule has 0 saturated heterocycles. The van der Waals surface area contributed by atoms with Gasteiger partial charge < -0.3 is 4.98 Å². The van der Waals surface area contributed by atoms with Crippen molar-refractivity contribution in [3.05, 3.63) is 12.3 Å². The van der Waals surface area contributed by atoms with Gasteiger partial charge in [0.1, 0.15) is 8.24 Å². The van der Waals surface area contributed by atoms with Crippen LogP contribution in [0.2, 0.25) is 13.1 Å². The first-order chi connectivity index (χ1) is 3.62. The highest BCUT2D eigenvalue weighted by Gasteiger charge is 2.12. The molecular weight excluding hydrogens is 114 g/mol. The molecule has 0 spiro atoms. The number of hydrogen-bond donors (Lipinski definition) is 1. The summed E-state index contributed by atoms with van der Waals surface area (Å²) in [5, 5.41) is 0. The normalized spacial score (nSPS) is 11.4. The Morgan fingerprint density at radius 3 is 2.25 bits per heavy atom. The summed E-state index contributed by atoms with van der Waals surface area (Å²) in [5.41, 5.74) is 2.05. The van der Waals surface area contributed by atoms with Crippen LogP contribution in [0.25, 0.3) is 0 Å². The zero-order valence-electron chi connectivity index (χ0n) is 5.99.